The molecule has 1 aromatic carbocycles. The van der Waals surface area contributed by atoms with Crippen molar-refractivity contribution in [3.05, 3.63) is 35.5 Å². The molecule has 0 saturated heterocycles. The first-order valence-electron chi connectivity index (χ1n) is 12.4. The van der Waals surface area contributed by atoms with E-state index >= 15 is 0 Å². The zero-order chi connectivity index (χ0) is 24.8. The number of alkyl halides is 3. The third-order valence-corrected chi connectivity index (χ3v) is 7.62. The van der Waals surface area contributed by atoms with Crippen molar-refractivity contribution in [3.63, 3.8) is 0 Å². The molecule has 1 aliphatic heterocycles. The molecule has 1 unspecified atom stereocenters. The third-order valence-electron chi connectivity index (χ3n) is 7.62. The van der Waals surface area contributed by atoms with Gasteiger partial charge < -0.3 is 15.4 Å². The number of halogens is 3. The molecule has 3 N–H and O–H groups in total. The topological polar surface area (TPSA) is 76.5 Å². The number of nitrogens with zero attached hydrogens (tertiary/aromatic N) is 1. The van der Waals surface area contributed by atoms with Crippen molar-refractivity contribution in [1.29, 1.82) is 0 Å². The van der Waals surface area contributed by atoms with E-state index in [0.29, 0.717) is 23.4 Å². The van der Waals surface area contributed by atoms with Crippen LogP contribution in [0.2, 0.25) is 0 Å². The van der Waals surface area contributed by atoms with Gasteiger partial charge >= 0.3 is 18.5 Å². The van der Waals surface area contributed by atoms with E-state index in [1.807, 2.05) is 0 Å². The highest BCUT2D eigenvalue weighted by Gasteiger charge is 2.51. The van der Waals surface area contributed by atoms with Gasteiger partial charge in [-0.25, -0.2) is 14.8 Å². The molecule has 4 aliphatic carbocycles. The molecule has 1 aromatic rings. The van der Waals surface area contributed by atoms with E-state index in [0.717, 1.165) is 19.3 Å². The molecule has 0 amide bonds. The van der Waals surface area contributed by atoms with Gasteiger partial charge in [-0.3, -0.25) is 0 Å². The molecule has 9 heteroatoms. The van der Waals surface area contributed by atoms with Crippen LogP contribution < -0.4 is 20.6 Å². The summed E-state index contributed by atoms with van der Waals surface area (Å²) in [6, 6.07) is 2.80. The molecule has 6 nitrogen and oxygen atoms in total. The van der Waals surface area contributed by atoms with E-state index in [-0.39, 0.29) is 28.5 Å². The largest absolute Gasteiger partial charge is 0.459 e. The van der Waals surface area contributed by atoms with Gasteiger partial charge in [-0.15, -0.1) is 0 Å². The molecule has 0 aromatic heterocycles. The zero-order valence-corrected chi connectivity index (χ0v) is 20.0. The smallest absolute Gasteiger partial charge is 0.413 e. The van der Waals surface area contributed by atoms with Crippen molar-refractivity contribution < 1.29 is 22.7 Å². The second-order valence-corrected chi connectivity index (χ2v) is 10.9. The number of ether oxygens (including phenoxy) is 1. The number of nitrogens with one attached hydrogen (secondary N) is 3. The molecule has 5 aliphatic rings. The van der Waals surface area contributed by atoms with Crippen molar-refractivity contribution in [2.75, 3.05) is 10.6 Å². The second kappa shape index (κ2) is 8.94. The number of carbonyl (C=O) groups excluding carboxylic acids is 1. The number of rotatable bonds is 7. The van der Waals surface area contributed by atoms with Crippen LogP contribution in [0.4, 0.5) is 24.5 Å². The molecule has 1 heterocycles. The van der Waals surface area contributed by atoms with Gasteiger partial charge in [0.2, 0.25) is 6.21 Å². The van der Waals surface area contributed by atoms with Gasteiger partial charge in [0.15, 0.2) is 6.04 Å². The highest BCUT2D eigenvalue weighted by atomic mass is 19.4. The number of carbonyl (C=O) groups is 1. The lowest BCUT2D eigenvalue weighted by Gasteiger charge is -2.57. The summed E-state index contributed by atoms with van der Waals surface area (Å²) >= 11 is 0. The zero-order valence-electron chi connectivity index (χ0n) is 20.0. The van der Waals surface area contributed by atoms with Crippen molar-refractivity contribution in [1.82, 2.24) is 9.98 Å². The normalized spacial score (nSPS) is 29.5. The lowest BCUT2D eigenvalue weighted by molar-refractivity contribution is -0.133. The van der Waals surface area contributed by atoms with Gasteiger partial charge in [-0.2, -0.15) is 13.2 Å². The Hall–Kier alpha value is -2.93. The van der Waals surface area contributed by atoms with E-state index in [1.165, 1.54) is 44.1 Å². The summed E-state index contributed by atoms with van der Waals surface area (Å²) in [5.74, 6) is 1.47. The van der Waals surface area contributed by atoms with Crippen LogP contribution in [0.5, 0.6) is 0 Å². The first kappa shape index (κ1) is 23.8. The standard InChI is InChI=1S/C26H31F3N4O2/c1-15(2)35-24(34)19-3-4-21(33-25-9-16-5-17(10-25)7-18(6-16)11-25)22(8-19)32-23(26(27,28)29)20-12-30-14-31-13-20/h3-4,8,12-18,23,32H,5-7,9-11H2,1-2H3,(H,33,34)/p+1. The number of hydrogen-bond acceptors (Lipinski definition) is 5. The summed E-state index contributed by atoms with van der Waals surface area (Å²) in [6.07, 6.45) is 5.77. The maximum atomic E-state index is 14.2. The fourth-order valence-electron chi connectivity index (χ4n) is 6.74. The van der Waals surface area contributed by atoms with Crippen molar-refractivity contribution in [2.24, 2.45) is 17.8 Å². The molecule has 1 atom stereocenters. The van der Waals surface area contributed by atoms with Crippen molar-refractivity contribution in [3.8, 4) is 0 Å². The lowest BCUT2D eigenvalue weighted by atomic mass is 9.53. The van der Waals surface area contributed by atoms with Crippen LogP contribution >= 0.6 is 0 Å². The number of hydrogen-bond donors (Lipinski definition) is 3. The van der Waals surface area contributed by atoms with Crippen LogP contribution in [0, 0.1) is 17.8 Å². The molecule has 4 saturated carbocycles. The Bertz CT molecular complexity index is 1050. The lowest BCUT2D eigenvalue weighted by Crippen LogP contribution is -2.54. The first-order valence-corrected chi connectivity index (χ1v) is 12.4. The summed E-state index contributed by atoms with van der Waals surface area (Å²) in [6.45, 7) is 3.47. The third kappa shape index (κ3) is 5.06. The monoisotopic (exact) mass is 489 g/mol. The van der Waals surface area contributed by atoms with Crippen LogP contribution in [0.3, 0.4) is 0 Å². The average Bonchev–Trinajstić information content (AvgIpc) is 2.76. The Labute approximate surface area is 203 Å². The first-order chi connectivity index (χ1) is 16.6. The molecule has 188 valence electrons. The summed E-state index contributed by atoms with van der Waals surface area (Å²) in [7, 11) is 0. The van der Waals surface area contributed by atoms with E-state index in [9.17, 15) is 18.0 Å². The van der Waals surface area contributed by atoms with Gasteiger partial charge in [-0.05, 0) is 88.3 Å². The van der Waals surface area contributed by atoms with E-state index < -0.39 is 18.2 Å². The van der Waals surface area contributed by atoms with Crippen LogP contribution in [-0.4, -0.2) is 42.4 Å². The van der Waals surface area contributed by atoms with Crippen molar-refractivity contribution in [2.45, 2.75) is 76.2 Å². The molecular formula is C26H32F3N4O2+. The molecule has 4 fully saturated rings. The predicted octanol–water partition coefficient (Wildman–Crippen LogP) is 4.63. The van der Waals surface area contributed by atoms with E-state index in [1.54, 1.807) is 26.0 Å². The number of benzene rings is 1. The quantitative estimate of drug-likeness (QED) is 0.385. The fourth-order valence-corrected chi connectivity index (χ4v) is 6.74. The van der Waals surface area contributed by atoms with Crippen LogP contribution in [0.15, 0.2) is 30.0 Å². The van der Waals surface area contributed by atoms with Gasteiger partial charge in [0.05, 0.1) is 34.8 Å². The SMILES string of the molecule is CC(C)OC(=O)c1ccc(NC23CC4CC(CC(C4)C2)C3)c(NC(C2=CNC=[N+]=C2)C(F)(F)F)c1. The Morgan fingerprint density at radius 2 is 1.77 bits per heavy atom. The molecule has 35 heavy (non-hydrogen) atoms. The van der Waals surface area contributed by atoms with Crippen molar-refractivity contribution >= 4 is 29.9 Å². The predicted molar refractivity (Wildman–Crippen MR) is 130 cm³/mol. The van der Waals surface area contributed by atoms with Gasteiger partial charge in [0.25, 0.3) is 0 Å². The van der Waals surface area contributed by atoms with Crippen LogP contribution in [-0.2, 0) is 4.74 Å². The maximum absolute atomic E-state index is 14.2. The maximum Gasteiger partial charge on any atom is 0.413 e. The molecule has 6 rings (SSSR count). The van der Waals surface area contributed by atoms with E-state index in [2.05, 4.69) is 20.6 Å². The average molecular weight is 490 g/mol. The van der Waals surface area contributed by atoms with Gasteiger partial charge in [0.1, 0.15) is 0 Å². The van der Waals surface area contributed by atoms with E-state index in [4.69, 9.17) is 4.74 Å². The molecule has 4 bridgehead atoms. The molecule has 0 spiro atoms. The Morgan fingerprint density at radius 3 is 2.31 bits per heavy atom. The van der Waals surface area contributed by atoms with Gasteiger partial charge in [-0.1, -0.05) is 0 Å². The Balaban J connectivity index is 1.49. The Morgan fingerprint density at radius 1 is 1.11 bits per heavy atom. The minimum absolute atomic E-state index is 0.0454. The molecule has 0 radical (unpaired) electrons. The highest BCUT2D eigenvalue weighted by Crippen LogP contribution is 2.57. The number of esters is 1. The van der Waals surface area contributed by atoms with Crippen LogP contribution in [0.25, 0.3) is 0 Å². The summed E-state index contributed by atoms with van der Waals surface area (Å²) in [5, 5.41) is 8.97. The Kier molecular flexibility index (Phi) is 6.08. The summed E-state index contributed by atoms with van der Waals surface area (Å²) < 4.78 is 51.6. The minimum Gasteiger partial charge on any atom is -0.459 e. The molecular weight excluding hydrogens is 457 g/mol. The summed E-state index contributed by atoms with van der Waals surface area (Å²) in [4.78, 5) is 12.6. The van der Waals surface area contributed by atoms with Gasteiger partial charge in [0, 0.05) is 5.54 Å². The fraction of sp³-hybridized carbons (Fsp3) is 0.577. The summed E-state index contributed by atoms with van der Waals surface area (Å²) in [5.41, 5.74) is 0.855. The van der Waals surface area contributed by atoms with Crippen LogP contribution in [0.1, 0.15) is 62.7 Å². The minimum atomic E-state index is -4.58. The number of anilines is 2. The highest BCUT2D eigenvalue weighted by molar-refractivity contribution is 5.93. The second-order valence-electron chi connectivity index (χ2n) is 10.9.